The molecule has 0 bridgehead atoms. The smallest absolute Gasteiger partial charge is 0.0363 e. The Balaban J connectivity index is 2.00. The number of anilines is 1. The van der Waals surface area contributed by atoms with Gasteiger partial charge < -0.3 is 10.6 Å². The van der Waals surface area contributed by atoms with E-state index in [1.165, 1.54) is 27.9 Å². The highest BCUT2D eigenvalue weighted by Gasteiger charge is 2.04. The zero-order valence-corrected chi connectivity index (χ0v) is 12.7. The van der Waals surface area contributed by atoms with Gasteiger partial charge in [0.1, 0.15) is 0 Å². The molecule has 0 radical (unpaired) electrons. The highest BCUT2D eigenvalue weighted by Crippen LogP contribution is 2.16. The average molecular weight is 268 g/mol. The van der Waals surface area contributed by atoms with Crippen LogP contribution in [0.2, 0.25) is 0 Å². The van der Waals surface area contributed by atoms with Gasteiger partial charge in [-0.2, -0.15) is 0 Å². The molecule has 0 aromatic heterocycles. The first kappa shape index (κ1) is 14.6. The fourth-order valence-corrected chi connectivity index (χ4v) is 2.37. The molecule has 2 nitrogen and oxygen atoms in total. The van der Waals surface area contributed by atoms with E-state index >= 15 is 0 Å². The predicted molar refractivity (Wildman–Crippen MR) is 87.2 cm³/mol. The average Bonchev–Trinajstić information content (AvgIpc) is 2.48. The van der Waals surface area contributed by atoms with Crippen molar-refractivity contribution in [1.29, 1.82) is 0 Å². The maximum absolute atomic E-state index is 5.63. The molecule has 0 amide bonds. The van der Waals surface area contributed by atoms with Gasteiger partial charge in [-0.1, -0.05) is 35.9 Å². The molecule has 2 rings (SSSR count). The number of rotatable bonds is 5. The first-order chi connectivity index (χ1) is 9.60. The fraction of sp³-hybridized carbons (Fsp3) is 0.333. The van der Waals surface area contributed by atoms with Gasteiger partial charge in [0.15, 0.2) is 0 Å². The highest BCUT2D eigenvalue weighted by atomic mass is 15.1. The minimum atomic E-state index is 0.604. The molecule has 2 N–H and O–H groups in total. The molecule has 0 unspecified atom stereocenters. The first-order valence-electron chi connectivity index (χ1n) is 7.16. The van der Waals surface area contributed by atoms with Crippen LogP contribution in [0.25, 0.3) is 0 Å². The summed E-state index contributed by atoms with van der Waals surface area (Å²) in [5.74, 6) is 0. The van der Waals surface area contributed by atoms with Crippen molar-refractivity contribution in [3.05, 3.63) is 64.7 Å². The van der Waals surface area contributed by atoms with E-state index in [2.05, 4.69) is 68.3 Å². The SMILES string of the molecule is Cc1ccc(C)c(CCN(C)c2ccc(CN)cc2)c1. The summed E-state index contributed by atoms with van der Waals surface area (Å²) in [5.41, 5.74) is 12.2. The Morgan fingerprint density at radius 3 is 2.35 bits per heavy atom. The lowest BCUT2D eigenvalue weighted by Crippen LogP contribution is -2.20. The van der Waals surface area contributed by atoms with E-state index in [0.717, 1.165) is 13.0 Å². The van der Waals surface area contributed by atoms with Crippen molar-refractivity contribution >= 4 is 5.69 Å². The highest BCUT2D eigenvalue weighted by molar-refractivity contribution is 5.47. The summed E-state index contributed by atoms with van der Waals surface area (Å²) < 4.78 is 0. The van der Waals surface area contributed by atoms with Crippen molar-refractivity contribution in [2.45, 2.75) is 26.8 Å². The van der Waals surface area contributed by atoms with E-state index in [1.807, 2.05) is 0 Å². The lowest BCUT2D eigenvalue weighted by atomic mass is 10.0. The Hall–Kier alpha value is -1.80. The molecule has 2 aromatic rings. The van der Waals surface area contributed by atoms with E-state index in [9.17, 15) is 0 Å². The van der Waals surface area contributed by atoms with Crippen molar-refractivity contribution in [1.82, 2.24) is 0 Å². The van der Waals surface area contributed by atoms with Crippen LogP contribution < -0.4 is 10.6 Å². The van der Waals surface area contributed by atoms with E-state index < -0.39 is 0 Å². The number of nitrogens with two attached hydrogens (primary N) is 1. The molecule has 0 aliphatic rings. The maximum Gasteiger partial charge on any atom is 0.0363 e. The molecule has 0 spiro atoms. The van der Waals surface area contributed by atoms with Crippen LogP contribution in [0.1, 0.15) is 22.3 Å². The molecule has 0 aliphatic heterocycles. The molecule has 106 valence electrons. The fourth-order valence-electron chi connectivity index (χ4n) is 2.37. The van der Waals surface area contributed by atoms with E-state index in [1.54, 1.807) is 0 Å². The van der Waals surface area contributed by atoms with E-state index in [-0.39, 0.29) is 0 Å². The standard InChI is InChI=1S/C18H24N2/c1-14-4-5-15(2)17(12-14)10-11-20(3)18-8-6-16(13-19)7-9-18/h4-9,12H,10-11,13,19H2,1-3H3. The normalized spacial score (nSPS) is 10.6. The molecular formula is C18H24N2. The van der Waals surface area contributed by atoms with Crippen molar-refractivity contribution in [3.8, 4) is 0 Å². The number of benzene rings is 2. The van der Waals surface area contributed by atoms with Crippen molar-refractivity contribution in [2.75, 3.05) is 18.5 Å². The molecule has 0 aliphatic carbocycles. The van der Waals surface area contributed by atoms with Gasteiger partial charge in [0.05, 0.1) is 0 Å². The Morgan fingerprint density at radius 2 is 1.70 bits per heavy atom. The van der Waals surface area contributed by atoms with E-state index in [4.69, 9.17) is 5.73 Å². The largest absolute Gasteiger partial charge is 0.374 e. The summed E-state index contributed by atoms with van der Waals surface area (Å²) in [6.07, 6.45) is 1.07. The van der Waals surface area contributed by atoms with Crippen LogP contribution in [0.15, 0.2) is 42.5 Å². The van der Waals surface area contributed by atoms with Crippen LogP contribution in [0, 0.1) is 13.8 Å². The zero-order chi connectivity index (χ0) is 14.5. The van der Waals surface area contributed by atoms with Gasteiger partial charge in [0, 0.05) is 25.8 Å². The predicted octanol–water partition coefficient (Wildman–Crippen LogP) is 3.44. The summed E-state index contributed by atoms with van der Waals surface area (Å²) >= 11 is 0. The van der Waals surface area contributed by atoms with E-state index in [0.29, 0.717) is 6.54 Å². The lowest BCUT2D eigenvalue weighted by Gasteiger charge is -2.20. The second-order valence-electron chi connectivity index (χ2n) is 5.47. The van der Waals surface area contributed by atoms with Gasteiger partial charge in [-0.05, 0) is 49.1 Å². The van der Waals surface area contributed by atoms with Crippen molar-refractivity contribution in [2.24, 2.45) is 5.73 Å². The van der Waals surface area contributed by atoms with Crippen LogP contribution in [0.4, 0.5) is 5.69 Å². The van der Waals surface area contributed by atoms with Crippen LogP contribution in [-0.2, 0) is 13.0 Å². The first-order valence-corrected chi connectivity index (χ1v) is 7.16. The monoisotopic (exact) mass is 268 g/mol. The topological polar surface area (TPSA) is 29.3 Å². The molecule has 0 fully saturated rings. The van der Waals surface area contributed by atoms with Crippen molar-refractivity contribution in [3.63, 3.8) is 0 Å². The minimum absolute atomic E-state index is 0.604. The summed E-state index contributed by atoms with van der Waals surface area (Å²) in [5, 5.41) is 0. The summed E-state index contributed by atoms with van der Waals surface area (Å²) in [6, 6.07) is 15.2. The number of hydrogen-bond donors (Lipinski definition) is 1. The Kier molecular flexibility index (Phi) is 4.80. The second-order valence-corrected chi connectivity index (χ2v) is 5.47. The molecular weight excluding hydrogens is 244 g/mol. The molecule has 0 saturated carbocycles. The minimum Gasteiger partial charge on any atom is -0.374 e. The van der Waals surface area contributed by atoms with Crippen LogP contribution in [-0.4, -0.2) is 13.6 Å². The molecule has 2 heteroatoms. The van der Waals surface area contributed by atoms with Gasteiger partial charge in [0.25, 0.3) is 0 Å². The number of nitrogens with zero attached hydrogens (tertiary/aromatic N) is 1. The molecule has 2 aromatic carbocycles. The lowest BCUT2D eigenvalue weighted by molar-refractivity contribution is 0.870. The van der Waals surface area contributed by atoms with Crippen LogP contribution in [0.5, 0.6) is 0 Å². The summed E-state index contributed by atoms with van der Waals surface area (Å²) in [6.45, 7) is 5.96. The number of aryl methyl sites for hydroxylation is 2. The maximum atomic E-state index is 5.63. The van der Waals surface area contributed by atoms with Crippen molar-refractivity contribution < 1.29 is 0 Å². The van der Waals surface area contributed by atoms with Gasteiger partial charge in [-0.3, -0.25) is 0 Å². The Labute approximate surface area is 122 Å². The third kappa shape index (κ3) is 3.61. The molecule has 0 heterocycles. The Morgan fingerprint density at radius 1 is 1.00 bits per heavy atom. The zero-order valence-electron chi connectivity index (χ0n) is 12.7. The quantitative estimate of drug-likeness (QED) is 0.900. The third-order valence-electron chi connectivity index (χ3n) is 3.83. The van der Waals surface area contributed by atoms with Gasteiger partial charge in [-0.25, -0.2) is 0 Å². The van der Waals surface area contributed by atoms with Gasteiger partial charge in [-0.15, -0.1) is 0 Å². The van der Waals surface area contributed by atoms with Gasteiger partial charge in [0.2, 0.25) is 0 Å². The molecule has 0 saturated heterocycles. The molecule has 20 heavy (non-hydrogen) atoms. The second kappa shape index (κ2) is 6.58. The number of hydrogen-bond acceptors (Lipinski definition) is 2. The summed E-state index contributed by atoms with van der Waals surface area (Å²) in [4.78, 5) is 2.29. The van der Waals surface area contributed by atoms with Crippen LogP contribution in [0.3, 0.4) is 0 Å². The molecule has 0 atom stereocenters. The summed E-state index contributed by atoms with van der Waals surface area (Å²) in [7, 11) is 2.14. The van der Waals surface area contributed by atoms with Crippen LogP contribution >= 0.6 is 0 Å². The Bertz CT molecular complexity index is 558. The third-order valence-corrected chi connectivity index (χ3v) is 3.83. The van der Waals surface area contributed by atoms with Gasteiger partial charge >= 0.3 is 0 Å². The number of likely N-dealkylation sites (N-methyl/N-ethyl adjacent to an activating group) is 1.